The van der Waals surface area contributed by atoms with Crippen molar-refractivity contribution in [3.63, 3.8) is 0 Å². The summed E-state index contributed by atoms with van der Waals surface area (Å²) in [7, 11) is 0. The van der Waals surface area contributed by atoms with Crippen molar-refractivity contribution in [3.05, 3.63) is 140 Å². The van der Waals surface area contributed by atoms with Crippen LogP contribution in [0, 0.1) is 18.3 Å². The minimum atomic E-state index is -0.423. The number of fused-ring (bicyclic) bond motifs is 2. The number of rotatable bonds is 16. The predicted molar refractivity (Wildman–Crippen MR) is 308 cm³/mol. The third-order valence-corrected chi connectivity index (χ3v) is 17.5. The van der Waals surface area contributed by atoms with Gasteiger partial charge in [-0.15, -0.1) is 45.2 Å². The molecule has 0 spiro atoms. The summed E-state index contributed by atoms with van der Waals surface area (Å²) >= 11 is 3.68. The van der Waals surface area contributed by atoms with Crippen molar-refractivity contribution in [3.8, 4) is 40.0 Å². The number of benzene rings is 3. The number of azo groups is 1. The first-order chi connectivity index (χ1) is 38.0. The van der Waals surface area contributed by atoms with Crippen LogP contribution in [-0.4, -0.2) is 105 Å². The molecule has 8 aromatic rings. The summed E-state index contributed by atoms with van der Waals surface area (Å²) in [6, 6.07) is 29.5. The smallest absolute Gasteiger partial charge is 0.301 e. The Balaban J connectivity index is 0.634. The van der Waals surface area contributed by atoms with Crippen LogP contribution in [0.4, 0.5) is 22.2 Å². The number of piperidine rings is 1. The van der Waals surface area contributed by atoms with Crippen molar-refractivity contribution in [1.29, 1.82) is 0 Å². The van der Waals surface area contributed by atoms with E-state index in [1.54, 1.807) is 0 Å². The Morgan fingerprint density at radius 2 is 1.72 bits per heavy atom. The van der Waals surface area contributed by atoms with Crippen LogP contribution in [0.3, 0.4) is 0 Å². The molecule has 11 rings (SSSR count). The lowest BCUT2D eigenvalue weighted by molar-refractivity contribution is -0.127. The number of nitrogens with two attached hydrogens (primary N) is 1. The van der Waals surface area contributed by atoms with Gasteiger partial charge in [0.2, 0.25) is 16.2 Å². The van der Waals surface area contributed by atoms with Crippen molar-refractivity contribution >= 4 is 84.1 Å². The van der Waals surface area contributed by atoms with Gasteiger partial charge in [-0.2, -0.15) is 4.68 Å². The first-order valence-electron chi connectivity index (χ1n) is 26.2. The molecule has 2 saturated heterocycles. The summed E-state index contributed by atoms with van der Waals surface area (Å²) in [6.07, 6.45) is 11.6. The molecule has 3 amide bonds. The number of nitrogen functional groups attached to an aromatic ring is 1. The number of amides is 3. The maximum Gasteiger partial charge on any atom is 0.301 e. The van der Waals surface area contributed by atoms with E-state index in [0.717, 1.165) is 72.4 Å². The molecule has 1 aliphatic carbocycles. The van der Waals surface area contributed by atoms with Crippen LogP contribution in [0.25, 0.3) is 37.9 Å². The van der Waals surface area contributed by atoms with Gasteiger partial charge in [0.25, 0.3) is 11.8 Å². The van der Waals surface area contributed by atoms with E-state index in [1.807, 2.05) is 85.1 Å². The van der Waals surface area contributed by atoms with E-state index in [2.05, 4.69) is 75.5 Å². The van der Waals surface area contributed by atoms with Gasteiger partial charge in [-0.25, -0.2) is 15.0 Å². The minimum Gasteiger partial charge on any atom is -0.397 e. The number of aromatic amines is 1. The number of pyridine rings is 1. The SMILES string of the molecule is C#CC[C@@H]1CN(c2ccc3c(c2)CC[C@H](NC(=O)c2sc4nc(C(C)NC(=O)C5CCN(CCNC(=O)c6cnc(N=Nc7c(-c8ccccc8)[nH]n(-c8nc(-c9ccccc9)cs8)c7=O)s6)CC5)ccc4c2N)C3)CCN1. The topological polar surface area (TPSA) is 233 Å². The van der Waals surface area contributed by atoms with Gasteiger partial charge in [0.05, 0.1) is 35.0 Å². The number of aryl methyl sites for hydroxylation is 1. The first-order valence-corrected chi connectivity index (χ1v) is 28.7. The molecule has 5 aromatic heterocycles. The predicted octanol–water partition coefficient (Wildman–Crippen LogP) is 8.43. The molecule has 3 aromatic carbocycles. The number of thiazole rings is 2. The fourth-order valence-electron chi connectivity index (χ4n) is 10.4. The van der Waals surface area contributed by atoms with E-state index in [0.29, 0.717) is 88.3 Å². The third-order valence-electron chi connectivity index (χ3n) is 14.7. The molecule has 3 atom stereocenters. The monoisotopic (exact) mass is 1100 g/mol. The molecule has 0 bridgehead atoms. The number of anilines is 2. The Labute approximate surface area is 462 Å². The molecule has 3 aliphatic rings. The molecule has 398 valence electrons. The molecule has 7 heterocycles. The van der Waals surface area contributed by atoms with Crippen molar-refractivity contribution < 1.29 is 14.4 Å². The summed E-state index contributed by atoms with van der Waals surface area (Å²) < 4.78 is 1.37. The van der Waals surface area contributed by atoms with Gasteiger partial charge in [-0.3, -0.25) is 24.3 Å². The van der Waals surface area contributed by atoms with Gasteiger partial charge in [-0.1, -0.05) is 78.1 Å². The summed E-state index contributed by atoms with van der Waals surface area (Å²) in [5, 5.41) is 28.0. The number of likely N-dealkylation sites (tertiary alicyclic amines) is 1. The van der Waals surface area contributed by atoms with E-state index >= 15 is 0 Å². The zero-order chi connectivity index (χ0) is 53.7. The highest BCUT2D eigenvalue weighted by Crippen LogP contribution is 2.35. The fourth-order valence-corrected chi connectivity index (χ4v) is 12.8. The van der Waals surface area contributed by atoms with Gasteiger partial charge in [0.1, 0.15) is 14.6 Å². The standard InChI is InChI=1S/C57H58N14O4S3/c1-3-10-41-32-70(28-24-59-41)42-18-16-38-29-40(17-15-39(38)30-42)63-53(74)50-47(58)43-19-20-44(64-54(43)78-50)34(2)62-51(72)37-21-25-69(26-22-37)27-23-60-52(73)46-31-61-56(77-46)67-66-49-48(36-13-8-5-9-14-36)68-71(55(49)75)57-65-45(33-76-57)35-11-6-4-7-12-35/h1,4-9,11-14,16,18-20,30-31,33-34,37,40-41,59,68H,10,15,17,21-29,32,58H2,2H3,(H,60,73)(H,62,72)(H,63,74)/t34?,40-,41+/m0/s1. The number of hydrogen-bond acceptors (Lipinski definition) is 16. The molecular formula is C57H58N14O4S3. The van der Waals surface area contributed by atoms with E-state index in [9.17, 15) is 19.2 Å². The Morgan fingerprint density at radius 1 is 0.923 bits per heavy atom. The molecular weight excluding hydrogens is 1040 g/mol. The van der Waals surface area contributed by atoms with Crippen molar-refractivity contribution in [1.82, 2.24) is 50.9 Å². The second-order valence-corrected chi connectivity index (χ2v) is 22.7. The number of carbonyl (C=O) groups excluding carboxylic acids is 3. The number of hydrogen-bond donors (Lipinski definition) is 6. The van der Waals surface area contributed by atoms with E-state index < -0.39 is 5.56 Å². The van der Waals surface area contributed by atoms with Gasteiger partial charge in [0.15, 0.2) is 5.69 Å². The molecule has 2 aliphatic heterocycles. The van der Waals surface area contributed by atoms with Gasteiger partial charge in [0, 0.05) is 84.7 Å². The average Bonchev–Trinajstić information content (AvgIpc) is 4.30. The number of aromatic nitrogens is 5. The van der Waals surface area contributed by atoms with Gasteiger partial charge >= 0.3 is 5.56 Å². The van der Waals surface area contributed by atoms with Gasteiger partial charge < -0.3 is 36.8 Å². The lowest BCUT2D eigenvalue weighted by Crippen LogP contribution is -2.50. The molecule has 7 N–H and O–H groups in total. The Kier molecular flexibility index (Phi) is 15.7. The number of piperazine rings is 1. The highest BCUT2D eigenvalue weighted by atomic mass is 32.1. The summed E-state index contributed by atoms with van der Waals surface area (Å²) in [6.45, 7) is 7.09. The number of H-pyrrole nitrogens is 1. The Morgan fingerprint density at radius 3 is 2.51 bits per heavy atom. The molecule has 1 unspecified atom stereocenters. The van der Waals surface area contributed by atoms with E-state index in [4.69, 9.17) is 22.1 Å². The highest BCUT2D eigenvalue weighted by molar-refractivity contribution is 7.21. The molecule has 2 fully saturated rings. The molecule has 21 heteroatoms. The maximum atomic E-state index is 13.8. The van der Waals surface area contributed by atoms with Crippen LogP contribution in [0.1, 0.15) is 74.8 Å². The Bertz CT molecular complexity index is 3610. The van der Waals surface area contributed by atoms with Crippen LogP contribution < -0.4 is 37.5 Å². The number of terminal acetylenes is 1. The van der Waals surface area contributed by atoms with Crippen LogP contribution in [0.5, 0.6) is 0 Å². The number of thiophene rings is 1. The zero-order valence-corrected chi connectivity index (χ0v) is 45.4. The fraction of sp³-hybridized carbons (Fsp3) is 0.316. The highest BCUT2D eigenvalue weighted by Gasteiger charge is 2.29. The number of carbonyl (C=O) groups is 3. The van der Waals surface area contributed by atoms with Crippen LogP contribution in [0.15, 0.2) is 118 Å². The van der Waals surface area contributed by atoms with E-state index in [1.165, 1.54) is 50.4 Å². The summed E-state index contributed by atoms with van der Waals surface area (Å²) in [5.41, 5.74) is 14.1. The van der Waals surface area contributed by atoms with Crippen LogP contribution in [0.2, 0.25) is 0 Å². The van der Waals surface area contributed by atoms with Gasteiger partial charge in [-0.05, 0) is 87.5 Å². The lowest BCUT2D eigenvalue weighted by atomic mass is 9.87. The van der Waals surface area contributed by atoms with E-state index in [-0.39, 0.29) is 46.5 Å². The maximum absolute atomic E-state index is 13.8. The lowest BCUT2D eigenvalue weighted by Gasteiger charge is -2.35. The molecule has 18 nitrogen and oxygen atoms in total. The number of nitrogens with zero attached hydrogens (tertiary/aromatic N) is 8. The molecule has 78 heavy (non-hydrogen) atoms. The van der Waals surface area contributed by atoms with Crippen molar-refractivity contribution in [2.75, 3.05) is 56.4 Å². The molecule has 0 radical (unpaired) electrons. The summed E-state index contributed by atoms with van der Waals surface area (Å²) in [5.74, 6) is 2.11. The number of nitrogens with one attached hydrogen (secondary N) is 5. The largest absolute Gasteiger partial charge is 0.397 e. The van der Waals surface area contributed by atoms with Crippen LogP contribution >= 0.6 is 34.0 Å². The third kappa shape index (κ3) is 11.5. The average molecular weight is 1100 g/mol. The zero-order valence-electron chi connectivity index (χ0n) is 42.9. The second kappa shape index (κ2) is 23.4. The van der Waals surface area contributed by atoms with Crippen LogP contribution in [-0.2, 0) is 17.6 Å². The minimum absolute atomic E-state index is 0.0104. The van der Waals surface area contributed by atoms with Crippen molar-refractivity contribution in [2.24, 2.45) is 16.1 Å². The van der Waals surface area contributed by atoms with Crippen molar-refractivity contribution in [2.45, 2.75) is 63.6 Å². The second-order valence-electron chi connectivity index (χ2n) is 19.8. The normalized spacial score (nSPS) is 17.4. The summed E-state index contributed by atoms with van der Waals surface area (Å²) in [4.78, 5) is 74.3. The first kappa shape index (κ1) is 52.2. The molecule has 0 saturated carbocycles. The quantitative estimate of drug-likeness (QED) is 0.0397. The Hall–Kier alpha value is -7.87.